The topological polar surface area (TPSA) is 174 Å². The van der Waals surface area contributed by atoms with E-state index in [9.17, 15) is 19.8 Å². The van der Waals surface area contributed by atoms with Crippen molar-refractivity contribution in [3.8, 4) is 23.0 Å². The summed E-state index contributed by atoms with van der Waals surface area (Å²) in [5, 5.41) is 26.7. The summed E-state index contributed by atoms with van der Waals surface area (Å²) in [5.41, 5.74) is 7.61. The molecule has 6 rings (SSSR count). The van der Waals surface area contributed by atoms with E-state index in [1.54, 1.807) is 42.5 Å². The lowest BCUT2D eigenvalue weighted by atomic mass is 9.77. The fraction of sp³-hybridized carbons (Fsp3) is 0.212. The van der Waals surface area contributed by atoms with Gasteiger partial charge in [0.25, 0.3) is 5.91 Å². The van der Waals surface area contributed by atoms with Crippen LogP contribution in [0.15, 0.2) is 72.9 Å². The number of rotatable bonds is 11. The van der Waals surface area contributed by atoms with Crippen molar-refractivity contribution in [2.24, 2.45) is 5.73 Å². The average molecular weight is 643 g/mol. The fourth-order valence-corrected chi connectivity index (χ4v) is 5.78. The highest BCUT2D eigenvalue weighted by Crippen LogP contribution is 2.57. The van der Waals surface area contributed by atoms with E-state index in [1.807, 2.05) is 0 Å². The van der Waals surface area contributed by atoms with Crippen molar-refractivity contribution in [2.45, 2.75) is 12.0 Å². The third-order valence-corrected chi connectivity index (χ3v) is 7.82. The molecular weight excluding hydrogens is 612 g/mol. The van der Waals surface area contributed by atoms with Crippen molar-refractivity contribution in [3.63, 3.8) is 0 Å². The zero-order valence-electron chi connectivity index (χ0n) is 24.4. The number of phenols is 2. The Balaban J connectivity index is 1.02. The summed E-state index contributed by atoms with van der Waals surface area (Å²) in [4.78, 5) is 28.8. The number of benzene rings is 3. The van der Waals surface area contributed by atoms with E-state index in [1.165, 1.54) is 30.5 Å². The predicted molar refractivity (Wildman–Crippen MR) is 170 cm³/mol. The Morgan fingerprint density at radius 3 is 2.28 bits per heavy atom. The number of phenolic OH excluding ortho intramolecular Hbond substituents is 2. The van der Waals surface area contributed by atoms with Crippen LogP contribution in [0, 0.1) is 0 Å². The second-order valence-corrected chi connectivity index (χ2v) is 10.9. The minimum Gasteiger partial charge on any atom is -0.508 e. The number of esters is 1. The summed E-state index contributed by atoms with van der Waals surface area (Å²) in [7, 11) is 0. The van der Waals surface area contributed by atoms with Crippen molar-refractivity contribution < 1.29 is 38.7 Å². The van der Waals surface area contributed by atoms with E-state index < -0.39 is 17.5 Å². The molecule has 46 heavy (non-hydrogen) atoms. The number of hydrogen-bond donors (Lipinski definition) is 5. The van der Waals surface area contributed by atoms with Crippen LogP contribution < -0.4 is 21.1 Å². The van der Waals surface area contributed by atoms with E-state index in [0.29, 0.717) is 83.9 Å². The molecule has 0 atom stereocenters. The van der Waals surface area contributed by atoms with Crippen LogP contribution in [-0.2, 0) is 26.2 Å². The predicted octanol–water partition coefficient (Wildman–Crippen LogP) is 3.72. The van der Waals surface area contributed by atoms with Gasteiger partial charge < -0.3 is 45.5 Å². The Hall–Kier alpha value is -5.24. The number of nitrogens with two attached hydrogens (primary N) is 1. The highest BCUT2D eigenvalue weighted by Gasteiger charge is 2.53. The molecule has 0 bridgehead atoms. The van der Waals surface area contributed by atoms with Crippen LogP contribution in [-0.4, -0.2) is 65.2 Å². The third-order valence-electron chi connectivity index (χ3n) is 7.58. The molecule has 2 aliphatic rings. The van der Waals surface area contributed by atoms with Gasteiger partial charge in [-0.1, -0.05) is 12.1 Å². The lowest BCUT2D eigenvalue weighted by Crippen LogP contribution is -2.33. The molecule has 0 aliphatic carbocycles. The number of carbonyl (C=O) groups is 2. The Kier molecular flexibility index (Phi) is 8.70. The van der Waals surface area contributed by atoms with Crippen molar-refractivity contribution >= 4 is 34.9 Å². The van der Waals surface area contributed by atoms with Crippen LogP contribution in [0.5, 0.6) is 23.0 Å². The normalized spacial score (nSPS) is 13.6. The highest BCUT2D eigenvalue weighted by atomic mass is 32.1. The molecule has 1 amide bonds. The summed E-state index contributed by atoms with van der Waals surface area (Å²) >= 11 is 5.43. The molecule has 0 saturated heterocycles. The van der Waals surface area contributed by atoms with Gasteiger partial charge in [-0.05, 0) is 66.7 Å². The van der Waals surface area contributed by atoms with Crippen LogP contribution in [0.2, 0.25) is 0 Å². The monoisotopic (exact) mass is 642 g/mol. The number of aromatic hydroxyl groups is 2. The summed E-state index contributed by atoms with van der Waals surface area (Å²) in [6.45, 7) is 1.97. The van der Waals surface area contributed by atoms with Gasteiger partial charge in [-0.15, -0.1) is 0 Å². The molecule has 0 radical (unpaired) electrons. The first kappa shape index (κ1) is 30.8. The molecule has 236 valence electrons. The fourth-order valence-electron chi connectivity index (χ4n) is 5.56. The Morgan fingerprint density at radius 2 is 1.59 bits per heavy atom. The molecule has 2 aliphatic heterocycles. The quantitative estimate of drug-likeness (QED) is 0.0913. The van der Waals surface area contributed by atoms with Crippen LogP contribution >= 0.6 is 12.2 Å². The zero-order valence-corrected chi connectivity index (χ0v) is 25.3. The molecule has 3 aromatic carbocycles. The minimum absolute atomic E-state index is 0.0143. The number of fused-ring (bicyclic) bond motifs is 6. The molecule has 4 aromatic rings. The maximum atomic E-state index is 13.3. The average Bonchev–Trinajstić information content (AvgIpc) is 3.31. The number of amides is 1. The van der Waals surface area contributed by atoms with Gasteiger partial charge in [0.05, 0.1) is 32.0 Å². The van der Waals surface area contributed by atoms with Crippen molar-refractivity contribution in [2.75, 3.05) is 38.3 Å². The van der Waals surface area contributed by atoms with Crippen LogP contribution in [0.4, 0.5) is 5.69 Å². The first-order chi connectivity index (χ1) is 22.3. The number of aromatic nitrogens is 1. The summed E-state index contributed by atoms with van der Waals surface area (Å²) in [6, 6.07) is 18.0. The first-order valence-electron chi connectivity index (χ1n) is 14.4. The number of thiocarbonyl (C=S) groups is 1. The van der Waals surface area contributed by atoms with E-state index in [2.05, 4.69) is 15.6 Å². The van der Waals surface area contributed by atoms with Gasteiger partial charge in [0.1, 0.15) is 28.7 Å². The Labute approximate surface area is 269 Å². The van der Waals surface area contributed by atoms with Crippen LogP contribution in [0.3, 0.4) is 0 Å². The van der Waals surface area contributed by atoms with Gasteiger partial charge in [0, 0.05) is 47.3 Å². The molecule has 0 saturated carbocycles. The van der Waals surface area contributed by atoms with Gasteiger partial charge in [0.2, 0.25) is 0 Å². The van der Waals surface area contributed by atoms with E-state index in [-0.39, 0.29) is 17.2 Å². The van der Waals surface area contributed by atoms with Crippen molar-refractivity contribution in [1.29, 1.82) is 0 Å². The molecule has 3 heterocycles. The summed E-state index contributed by atoms with van der Waals surface area (Å²) in [6.07, 6.45) is 2.04. The molecule has 1 aromatic heterocycles. The Morgan fingerprint density at radius 1 is 0.913 bits per heavy atom. The molecule has 1 spiro atoms. The highest BCUT2D eigenvalue weighted by molar-refractivity contribution is 7.80. The molecular formula is C33H30N4O8S. The number of primary amides is 1. The first-order valence-corrected chi connectivity index (χ1v) is 14.8. The molecule has 13 heteroatoms. The van der Waals surface area contributed by atoms with E-state index in [0.717, 1.165) is 5.56 Å². The largest absolute Gasteiger partial charge is 0.508 e. The number of hydrogen-bond acceptors (Lipinski definition) is 10. The second kappa shape index (κ2) is 13.0. The maximum absolute atomic E-state index is 13.3. The van der Waals surface area contributed by atoms with Gasteiger partial charge in [-0.3, -0.25) is 9.78 Å². The smallest absolute Gasteiger partial charge is 0.340 e. The van der Waals surface area contributed by atoms with Gasteiger partial charge in [-0.2, -0.15) is 0 Å². The third kappa shape index (κ3) is 6.03. The van der Waals surface area contributed by atoms with Crippen LogP contribution in [0.1, 0.15) is 43.1 Å². The Bertz CT molecular complexity index is 1780. The van der Waals surface area contributed by atoms with Crippen molar-refractivity contribution in [3.05, 3.63) is 106 Å². The molecule has 0 unspecified atom stereocenters. The number of pyridine rings is 1. The van der Waals surface area contributed by atoms with E-state index >= 15 is 0 Å². The summed E-state index contributed by atoms with van der Waals surface area (Å²) < 4.78 is 23.3. The number of carbonyl (C=O) groups excluding carboxylic acids is 2. The minimum atomic E-state index is -1.33. The second-order valence-electron chi connectivity index (χ2n) is 10.5. The molecule has 0 fully saturated rings. The molecule has 12 nitrogen and oxygen atoms in total. The lowest BCUT2D eigenvalue weighted by Gasteiger charge is -2.36. The van der Waals surface area contributed by atoms with Crippen LogP contribution in [0.25, 0.3) is 0 Å². The molecule has 6 N–H and O–H groups in total. The number of ether oxygens (including phenoxy) is 4. The summed E-state index contributed by atoms with van der Waals surface area (Å²) in [5.74, 6) is -0.517. The van der Waals surface area contributed by atoms with Gasteiger partial charge >= 0.3 is 5.97 Å². The number of anilines is 1. The SMILES string of the molecule is NC(=O)c1ncccc1CCOCCOCCNC(=S)Nc1ccc2c(c1)C(=O)OC21c2ccc(O)cc2Oc2cc(O)ccc21. The zero-order chi connectivity index (χ0) is 32.3. The maximum Gasteiger partial charge on any atom is 0.340 e. The standard InChI is InChI=1S/C33H30N4O8S/c34-30(40)29-19(2-1-10-35-29)9-12-42-14-15-43-13-11-36-32(46)37-20-3-6-24-23(16-20)31(41)45-33(24)25-7-4-21(38)17-27(25)44-28-18-22(39)5-8-26(28)33/h1-8,10,16-18,38-39H,9,11-15H2,(H2,34,40)(H2,36,37,46). The lowest BCUT2D eigenvalue weighted by molar-refractivity contribution is 0.0224. The van der Waals surface area contributed by atoms with Gasteiger partial charge in [0.15, 0.2) is 10.7 Å². The number of nitrogens with zero attached hydrogens (tertiary/aromatic N) is 1. The number of nitrogens with one attached hydrogen (secondary N) is 2. The van der Waals surface area contributed by atoms with Crippen molar-refractivity contribution in [1.82, 2.24) is 10.3 Å². The van der Waals surface area contributed by atoms with Gasteiger partial charge in [-0.25, -0.2) is 4.79 Å². The van der Waals surface area contributed by atoms with E-state index in [4.69, 9.17) is 36.9 Å².